The van der Waals surface area contributed by atoms with Crippen LogP contribution in [0.4, 0.5) is 13.2 Å². The van der Waals surface area contributed by atoms with Gasteiger partial charge in [-0.3, -0.25) is 9.59 Å². The average molecular weight is 328 g/mol. The third-order valence-electron chi connectivity index (χ3n) is 4.06. The van der Waals surface area contributed by atoms with E-state index in [4.69, 9.17) is 0 Å². The number of alkyl halides is 3. The van der Waals surface area contributed by atoms with E-state index in [1.54, 1.807) is 13.1 Å². The smallest absolute Gasteiger partial charge is 0.340 e. The maximum absolute atomic E-state index is 12.7. The van der Waals surface area contributed by atoms with Crippen molar-refractivity contribution >= 4 is 11.8 Å². The largest absolute Gasteiger partial charge is 0.416 e. The summed E-state index contributed by atoms with van der Waals surface area (Å²) in [6.07, 6.45) is -2.75. The Morgan fingerprint density at radius 1 is 1.39 bits per heavy atom. The van der Waals surface area contributed by atoms with Crippen LogP contribution in [0.3, 0.4) is 0 Å². The zero-order chi connectivity index (χ0) is 17.2. The van der Waals surface area contributed by atoms with Gasteiger partial charge in [-0.2, -0.15) is 13.2 Å². The molecule has 1 aliphatic heterocycles. The summed E-state index contributed by atoms with van der Waals surface area (Å²) < 4.78 is 38.2. The van der Waals surface area contributed by atoms with Gasteiger partial charge in [0.05, 0.1) is 5.56 Å². The molecule has 1 saturated heterocycles. The molecule has 0 bridgehead atoms. The predicted molar refractivity (Wildman–Crippen MR) is 78.3 cm³/mol. The van der Waals surface area contributed by atoms with Crippen LogP contribution in [0.2, 0.25) is 0 Å². The number of likely N-dealkylation sites (N-methyl/N-ethyl adjacent to an activating group) is 2. The molecule has 0 saturated carbocycles. The highest BCUT2D eigenvalue weighted by atomic mass is 19.4. The number of carbonyl (C=O) groups is 2. The molecule has 1 unspecified atom stereocenters. The van der Waals surface area contributed by atoms with Crippen LogP contribution in [-0.4, -0.2) is 41.8 Å². The van der Waals surface area contributed by atoms with E-state index in [9.17, 15) is 22.8 Å². The SMILES string of the molecule is CN(Cc1cccc(C(F)(F)F)c1)C(=O)C1CCCC(=O)N1C. The molecule has 1 aromatic carbocycles. The van der Waals surface area contributed by atoms with E-state index in [-0.39, 0.29) is 18.4 Å². The lowest BCUT2D eigenvalue weighted by Crippen LogP contribution is -2.50. The van der Waals surface area contributed by atoms with Crippen LogP contribution in [0, 0.1) is 0 Å². The molecule has 0 spiro atoms. The summed E-state index contributed by atoms with van der Waals surface area (Å²) in [6, 6.07) is 4.38. The molecule has 0 aliphatic carbocycles. The summed E-state index contributed by atoms with van der Waals surface area (Å²) in [5.74, 6) is -0.333. The Hall–Kier alpha value is -2.05. The normalized spacial score (nSPS) is 18.9. The Bertz CT molecular complexity index is 601. The zero-order valence-electron chi connectivity index (χ0n) is 13.1. The molecule has 0 N–H and O–H groups in total. The summed E-state index contributed by atoms with van der Waals surface area (Å²) in [5.41, 5.74) is -0.332. The minimum absolute atomic E-state index is 0.0707. The Balaban J connectivity index is 2.08. The quantitative estimate of drug-likeness (QED) is 0.856. The number of piperidine rings is 1. The maximum Gasteiger partial charge on any atom is 0.416 e. The molecule has 1 aliphatic rings. The predicted octanol–water partition coefficient (Wildman–Crippen LogP) is 2.67. The molecule has 2 rings (SSSR count). The number of rotatable bonds is 3. The minimum atomic E-state index is -4.41. The van der Waals surface area contributed by atoms with Crippen molar-refractivity contribution in [3.63, 3.8) is 0 Å². The first-order chi connectivity index (χ1) is 10.7. The highest BCUT2D eigenvalue weighted by Gasteiger charge is 2.33. The Morgan fingerprint density at radius 3 is 2.74 bits per heavy atom. The number of carbonyl (C=O) groups excluding carboxylic acids is 2. The lowest BCUT2D eigenvalue weighted by atomic mass is 10.0. The van der Waals surface area contributed by atoms with Gasteiger partial charge in [-0.05, 0) is 30.5 Å². The van der Waals surface area contributed by atoms with Gasteiger partial charge in [-0.25, -0.2) is 0 Å². The fourth-order valence-electron chi connectivity index (χ4n) is 2.73. The van der Waals surface area contributed by atoms with Crippen molar-refractivity contribution in [1.29, 1.82) is 0 Å². The van der Waals surface area contributed by atoms with Gasteiger partial charge < -0.3 is 9.80 Å². The van der Waals surface area contributed by atoms with Crippen molar-refractivity contribution in [2.24, 2.45) is 0 Å². The van der Waals surface area contributed by atoms with E-state index >= 15 is 0 Å². The van der Waals surface area contributed by atoms with E-state index in [0.29, 0.717) is 24.8 Å². The number of benzene rings is 1. The molecule has 0 aromatic heterocycles. The van der Waals surface area contributed by atoms with E-state index in [1.165, 1.54) is 22.9 Å². The van der Waals surface area contributed by atoms with Crippen molar-refractivity contribution in [1.82, 2.24) is 9.80 Å². The molecule has 1 heterocycles. The zero-order valence-corrected chi connectivity index (χ0v) is 13.1. The minimum Gasteiger partial charge on any atom is -0.340 e. The third-order valence-corrected chi connectivity index (χ3v) is 4.06. The van der Waals surface area contributed by atoms with E-state index < -0.39 is 17.8 Å². The lowest BCUT2D eigenvalue weighted by molar-refractivity contribution is -0.146. The summed E-state index contributed by atoms with van der Waals surface area (Å²) in [6.45, 7) is 0.0707. The first kappa shape index (κ1) is 17.3. The van der Waals surface area contributed by atoms with Crippen LogP contribution >= 0.6 is 0 Å². The molecule has 1 aromatic rings. The molecule has 126 valence electrons. The summed E-state index contributed by atoms with van der Waals surface area (Å²) >= 11 is 0. The number of likely N-dealkylation sites (tertiary alicyclic amines) is 1. The fraction of sp³-hybridized carbons (Fsp3) is 0.500. The van der Waals surface area contributed by atoms with Gasteiger partial charge in [-0.1, -0.05) is 12.1 Å². The van der Waals surface area contributed by atoms with Gasteiger partial charge in [0, 0.05) is 27.1 Å². The van der Waals surface area contributed by atoms with Gasteiger partial charge in [0.2, 0.25) is 11.8 Å². The van der Waals surface area contributed by atoms with Crippen molar-refractivity contribution in [2.45, 2.75) is 38.0 Å². The van der Waals surface area contributed by atoms with Crippen molar-refractivity contribution in [2.75, 3.05) is 14.1 Å². The van der Waals surface area contributed by atoms with Crippen molar-refractivity contribution in [3.8, 4) is 0 Å². The molecule has 1 fully saturated rings. The first-order valence-corrected chi connectivity index (χ1v) is 7.37. The summed E-state index contributed by atoms with van der Waals surface area (Å²) in [4.78, 5) is 26.9. The van der Waals surface area contributed by atoms with Crippen LogP contribution in [-0.2, 0) is 22.3 Å². The number of hydrogen-bond donors (Lipinski definition) is 0. The molecule has 23 heavy (non-hydrogen) atoms. The second kappa shape index (κ2) is 6.60. The van der Waals surface area contributed by atoms with Crippen LogP contribution < -0.4 is 0 Å². The molecule has 4 nitrogen and oxygen atoms in total. The van der Waals surface area contributed by atoms with Gasteiger partial charge in [0.15, 0.2) is 0 Å². The van der Waals surface area contributed by atoms with Gasteiger partial charge >= 0.3 is 6.18 Å². The topological polar surface area (TPSA) is 40.6 Å². The van der Waals surface area contributed by atoms with E-state index in [1.807, 2.05) is 0 Å². The third kappa shape index (κ3) is 4.03. The monoisotopic (exact) mass is 328 g/mol. The summed E-state index contributed by atoms with van der Waals surface area (Å²) in [7, 11) is 3.12. The van der Waals surface area contributed by atoms with E-state index in [0.717, 1.165) is 12.1 Å². The second-order valence-electron chi connectivity index (χ2n) is 5.81. The highest BCUT2D eigenvalue weighted by Crippen LogP contribution is 2.29. The van der Waals surface area contributed by atoms with Crippen LogP contribution in [0.1, 0.15) is 30.4 Å². The van der Waals surface area contributed by atoms with Crippen molar-refractivity contribution < 1.29 is 22.8 Å². The number of amides is 2. The summed E-state index contributed by atoms with van der Waals surface area (Å²) in [5, 5.41) is 0. The van der Waals surface area contributed by atoms with Gasteiger partial charge in [0.1, 0.15) is 6.04 Å². The Morgan fingerprint density at radius 2 is 2.09 bits per heavy atom. The van der Waals surface area contributed by atoms with Crippen LogP contribution in [0.15, 0.2) is 24.3 Å². The van der Waals surface area contributed by atoms with E-state index in [2.05, 4.69) is 0 Å². The molecule has 7 heteroatoms. The standard InChI is InChI=1S/C16H19F3N2O2/c1-20(15(23)13-7-4-8-14(22)21(13)2)10-11-5-3-6-12(9-11)16(17,18)19/h3,5-6,9,13H,4,7-8,10H2,1-2H3. The lowest BCUT2D eigenvalue weighted by Gasteiger charge is -2.34. The van der Waals surface area contributed by atoms with Crippen LogP contribution in [0.5, 0.6) is 0 Å². The van der Waals surface area contributed by atoms with Gasteiger partial charge in [-0.15, -0.1) is 0 Å². The molecule has 0 radical (unpaired) electrons. The fourth-order valence-corrected chi connectivity index (χ4v) is 2.73. The second-order valence-corrected chi connectivity index (χ2v) is 5.81. The van der Waals surface area contributed by atoms with Crippen molar-refractivity contribution in [3.05, 3.63) is 35.4 Å². The molecular formula is C16H19F3N2O2. The number of halogens is 3. The molecule has 2 amide bonds. The number of hydrogen-bond acceptors (Lipinski definition) is 2. The maximum atomic E-state index is 12.7. The van der Waals surface area contributed by atoms with Gasteiger partial charge in [0.25, 0.3) is 0 Å². The average Bonchev–Trinajstić information content (AvgIpc) is 2.49. The molecule has 1 atom stereocenters. The molecular weight excluding hydrogens is 309 g/mol. The number of nitrogens with zero attached hydrogens (tertiary/aromatic N) is 2. The Labute approximate surface area is 132 Å². The van der Waals surface area contributed by atoms with Crippen LogP contribution in [0.25, 0.3) is 0 Å². The first-order valence-electron chi connectivity index (χ1n) is 7.37. The highest BCUT2D eigenvalue weighted by molar-refractivity contribution is 5.88. The Kier molecular flexibility index (Phi) is 4.97.